The lowest BCUT2D eigenvalue weighted by Gasteiger charge is -2.09. The molecule has 2 rings (SSSR count). The molecule has 13 nitrogen and oxygen atoms in total. The van der Waals surface area contributed by atoms with Crippen molar-refractivity contribution in [3.05, 3.63) is 42.0 Å². The number of amides is 1. The molecule has 5 N–H and O–H groups in total. The van der Waals surface area contributed by atoms with Crippen LogP contribution >= 0.6 is 0 Å². The van der Waals surface area contributed by atoms with Gasteiger partial charge in [0.05, 0.1) is 34.2 Å². The van der Waals surface area contributed by atoms with Crippen LogP contribution in [0.4, 0.5) is 22.7 Å². The van der Waals surface area contributed by atoms with Gasteiger partial charge in [-0.15, -0.1) is 5.11 Å². The fourth-order valence-electron chi connectivity index (χ4n) is 2.36. The van der Waals surface area contributed by atoms with Crippen LogP contribution in [0.2, 0.25) is 0 Å². The van der Waals surface area contributed by atoms with Gasteiger partial charge in [0.25, 0.3) is 0 Å². The normalized spacial score (nSPS) is 12.1. The van der Waals surface area contributed by atoms with Gasteiger partial charge in [-0.05, 0) is 36.4 Å². The Hall–Kier alpha value is -3.40. The predicted octanol–water partition coefficient (Wildman–Crippen LogP) is 1.93. The van der Waals surface area contributed by atoms with Crippen molar-refractivity contribution in [2.75, 3.05) is 23.4 Å². The lowest BCUT2D eigenvalue weighted by molar-refractivity contribution is -0.114. The molecule has 2 aromatic carbocycles. The quantitative estimate of drug-likeness (QED) is 0.229. The summed E-state index contributed by atoms with van der Waals surface area (Å²) in [4.78, 5) is 22.5. The summed E-state index contributed by atoms with van der Waals surface area (Å²) in [6, 6.07) is 7.33. The number of nitrogen functional groups attached to an aromatic ring is 1. The lowest BCUT2D eigenvalue weighted by atomic mass is 10.1. The predicted molar refractivity (Wildman–Crippen MR) is 112 cm³/mol. The number of benzene rings is 2. The number of carbonyl (C=O) groups excluding carboxylic acids is 1. The van der Waals surface area contributed by atoms with Crippen LogP contribution in [-0.2, 0) is 29.2 Å². The van der Waals surface area contributed by atoms with Gasteiger partial charge in [0.2, 0.25) is 5.91 Å². The van der Waals surface area contributed by atoms with Crippen LogP contribution in [0.1, 0.15) is 17.3 Å². The Morgan fingerprint density at radius 2 is 1.72 bits per heavy atom. The zero-order valence-electron chi connectivity index (χ0n) is 16.4. The van der Waals surface area contributed by atoms with E-state index in [1.807, 2.05) is 0 Å². The van der Waals surface area contributed by atoms with Crippen LogP contribution in [0.25, 0.3) is 0 Å². The first-order chi connectivity index (χ1) is 14.8. The maximum absolute atomic E-state index is 12.2. The molecule has 0 fully saturated rings. The van der Waals surface area contributed by atoms with E-state index in [9.17, 15) is 31.5 Å². The minimum absolute atomic E-state index is 0.00543. The summed E-state index contributed by atoms with van der Waals surface area (Å²) < 4.78 is 57.8. The highest BCUT2D eigenvalue weighted by Crippen LogP contribution is 2.32. The molecule has 15 heteroatoms. The minimum atomic E-state index is -4.75. The molecule has 0 atom stereocenters. The number of sulfone groups is 1. The van der Waals surface area contributed by atoms with Crippen molar-refractivity contribution in [2.45, 2.75) is 11.8 Å². The van der Waals surface area contributed by atoms with E-state index in [0.717, 1.165) is 6.07 Å². The molecule has 0 saturated heterocycles. The molecule has 32 heavy (non-hydrogen) atoms. The Morgan fingerprint density at radius 1 is 1.09 bits per heavy atom. The summed E-state index contributed by atoms with van der Waals surface area (Å²) in [5.41, 5.74) is 5.66. The van der Waals surface area contributed by atoms with E-state index in [-0.39, 0.29) is 33.2 Å². The van der Waals surface area contributed by atoms with Crippen LogP contribution in [0.3, 0.4) is 0 Å². The van der Waals surface area contributed by atoms with Gasteiger partial charge in [-0.2, -0.15) is 13.5 Å². The molecule has 0 bridgehead atoms. The molecular weight excluding hydrogens is 468 g/mol. The summed E-state index contributed by atoms with van der Waals surface area (Å²) in [5.74, 6) is -2.45. The van der Waals surface area contributed by atoms with Crippen molar-refractivity contribution in [3.8, 4) is 0 Å². The minimum Gasteiger partial charge on any atom is -0.478 e. The fraction of sp³-hybridized carbons (Fsp3) is 0.176. The maximum Gasteiger partial charge on any atom is 0.397 e. The van der Waals surface area contributed by atoms with E-state index < -0.39 is 44.5 Å². The van der Waals surface area contributed by atoms with Crippen LogP contribution in [0.5, 0.6) is 0 Å². The van der Waals surface area contributed by atoms with Gasteiger partial charge in [-0.1, -0.05) is 0 Å². The third-order valence-electron chi connectivity index (χ3n) is 3.76. The largest absolute Gasteiger partial charge is 0.478 e. The Bertz CT molecular complexity index is 1270. The van der Waals surface area contributed by atoms with E-state index in [0.29, 0.717) is 0 Å². The zero-order chi connectivity index (χ0) is 24.1. The van der Waals surface area contributed by atoms with Gasteiger partial charge in [0.15, 0.2) is 9.84 Å². The molecule has 0 radical (unpaired) electrons. The summed E-state index contributed by atoms with van der Waals surface area (Å²) >= 11 is 0. The number of carbonyl (C=O) groups is 2. The van der Waals surface area contributed by atoms with Crippen molar-refractivity contribution in [1.29, 1.82) is 0 Å². The second-order valence-electron chi connectivity index (χ2n) is 6.21. The molecule has 1 amide bonds. The molecule has 0 aliphatic heterocycles. The van der Waals surface area contributed by atoms with Crippen LogP contribution < -0.4 is 11.1 Å². The first-order valence-electron chi connectivity index (χ1n) is 8.59. The number of azo groups is 1. The van der Waals surface area contributed by atoms with Gasteiger partial charge in [-0.3, -0.25) is 9.35 Å². The standard InChI is InChI=1S/C17H18N4O9S2/c1-10(22)19-15-9-14(18)13(17(23)24)8-16(15)21-20-11-2-4-12(5-3-11)31(25,26)7-6-30-32(27,28)29/h2-5,8-9H,6-7,18H2,1H3,(H,19,22)(H,23,24)(H,27,28,29). The second-order valence-corrected chi connectivity index (χ2v) is 9.41. The van der Waals surface area contributed by atoms with E-state index >= 15 is 0 Å². The maximum atomic E-state index is 12.2. The summed E-state index contributed by atoms with van der Waals surface area (Å²) in [6.07, 6.45) is 0. The highest BCUT2D eigenvalue weighted by Gasteiger charge is 2.17. The molecule has 0 heterocycles. The van der Waals surface area contributed by atoms with Crippen LogP contribution in [0.15, 0.2) is 51.5 Å². The molecule has 2 aromatic rings. The van der Waals surface area contributed by atoms with Gasteiger partial charge < -0.3 is 16.2 Å². The molecule has 0 spiro atoms. The number of carboxylic acids is 1. The van der Waals surface area contributed by atoms with Crippen molar-refractivity contribution in [3.63, 3.8) is 0 Å². The fourth-order valence-corrected chi connectivity index (χ4v) is 3.85. The third kappa shape index (κ3) is 7.09. The number of aromatic carboxylic acids is 1. The number of hydrogen-bond donors (Lipinski definition) is 4. The Morgan fingerprint density at radius 3 is 2.25 bits per heavy atom. The van der Waals surface area contributed by atoms with E-state index in [1.165, 1.54) is 37.3 Å². The van der Waals surface area contributed by atoms with Gasteiger partial charge >= 0.3 is 16.4 Å². The van der Waals surface area contributed by atoms with Crippen LogP contribution in [0, 0.1) is 0 Å². The SMILES string of the molecule is CC(=O)Nc1cc(N)c(C(=O)O)cc1N=Nc1ccc(S(=O)(=O)CCOS(=O)(=O)O)cc1. The number of hydrogen-bond acceptors (Lipinski definition) is 10. The number of anilines is 2. The highest BCUT2D eigenvalue weighted by molar-refractivity contribution is 7.91. The zero-order valence-corrected chi connectivity index (χ0v) is 18.1. The molecule has 0 unspecified atom stereocenters. The summed E-state index contributed by atoms with van der Waals surface area (Å²) in [5, 5.41) is 19.5. The monoisotopic (exact) mass is 486 g/mol. The average molecular weight is 486 g/mol. The number of nitrogens with zero attached hydrogens (tertiary/aromatic N) is 2. The first kappa shape index (κ1) is 24.9. The van der Waals surface area contributed by atoms with Crippen molar-refractivity contribution in [2.24, 2.45) is 10.2 Å². The van der Waals surface area contributed by atoms with E-state index in [2.05, 4.69) is 19.7 Å². The molecule has 0 saturated carbocycles. The molecular formula is C17H18N4O9S2. The molecule has 172 valence electrons. The average Bonchev–Trinajstić information content (AvgIpc) is 2.65. The van der Waals surface area contributed by atoms with E-state index in [4.69, 9.17) is 10.3 Å². The summed E-state index contributed by atoms with van der Waals surface area (Å²) in [7, 11) is -8.66. The topological polar surface area (TPSA) is 215 Å². The molecule has 0 aliphatic rings. The van der Waals surface area contributed by atoms with E-state index in [1.54, 1.807) is 0 Å². The second kappa shape index (κ2) is 9.82. The number of nitrogens with one attached hydrogen (secondary N) is 1. The van der Waals surface area contributed by atoms with Crippen molar-refractivity contribution in [1.82, 2.24) is 0 Å². The smallest absolute Gasteiger partial charge is 0.397 e. The summed E-state index contributed by atoms with van der Waals surface area (Å²) in [6.45, 7) is 0.472. The first-order valence-corrected chi connectivity index (χ1v) is 11.6. The third-order valence-corrected chi connectivity index (χ3v) is 5.92. The lowest BCUT2D eigenvalue weighted by Crippen LogP contribution is -2.15. The van der Waals surface area contributed by atoms with Gasteiger partial charge in [0, 0.05) is 12.6 Å². The number of rotatable bonds is 9. The van der Waals surface area contributed by atoms with Gasteiger partial charge in [-0.25, -0.2) is 17.4 Å². The molecule has 0 aliphatic carbocycles. The van der Waals surface area contributed by atoms with Gasteiger partial charge in [0.1, 0.15) is 5.69 Å². The number of nitrogens with two attached hydrogens (primary N) is 1. The Kier molecular flexibility index (Phi) is 7.63. The van der Waals surface area contributed by atoms with Crippen LogP contribution in [-0.4, -0.2) is 50.7 Å². The highest BCUT2D eigenvalue weighted by atomic mass is 32.3. The van der Waals surface area contributed by atoms with Crippen molar-refractivity contribution < 1.29 is 40.3 Å². The number of carboxylic acid groups (broad SMARTS) is 1. The Labute approximate surface area is 182 Å². The Balaban J connectivity index is 2.26. The molecule has 0 aromatic heterocycles. The van der Waals surface area contributed by atoms with Crippen molar-refractivity contribution >= 4 is 54.9 Å².